The van der Waals surface area contributed by atoms with Crippen molar-refractivity contribution in [2.24, 2.45) is 0 Å². The Bertz CT molecular complexity index is 483. The van der Waals surface area contributed by atoms with Gasteiger partial charge in [0.1, 0.15) is 0 Å². The molecule has 0 aliphatic carbocycles. The first-order chi connectivity index (χ1) is 8.08. The largest absolute Gasteiger partial charge is 0.490 e. The average molecular weight is 297 g/mol. The van der Waals surface area contributed by atoms with Crippen LogP contribution in [0.15, 0.2) is 16.6 Å². The van der Waals surface area contributed by atoms with Crippen LogP contribution in [-0.2, 0) is 4.79 Å². The van der Waals surface area contributed by atoms with Crippen LogP contribution >= 0.6 is 15.9 Å². The molecule has 0 heterocycles. The van der Waals surface area contributed by atoms with Crippen LogP contribution in [0.3, 0.4) is 0 Å². The molecule has 0 aliphatic heterocycles. The van der Waals surface area contributed by atoms with Crippen molar-refractivity contribution in [2.75, 3.05) is 6.61 Å². The van der Waals surface area contributed by atoms with Crippen LogP contribution in [0.4, 0.5) is 0 Å². The third-order valence-corrected chi connectivity index (χ3v) is 2.41. The van der Waals surface area contributed by atoms with Crippen molar-refractivity contribution in [1.29, 1.82) is 0 Å². The summed E-state index contributed by atoms with van der Waals surface area (Å²) in [5.41, 5.74) is 0.804. The van der Waals surface area contributed by atoms with Crippen LogP contribution in [0.2, 0.25) is 0 Å². The van der Waals surface area contributed by atoms with Crippen LogP contribution in [0.25, 0.3) is 0 Å². The Kier molecular flexibility index (Phi) is 5.05. The molecule has 0 saturated heterocycles. The molecule has 0 unspecified atom stereocenters. The lowest BCUT2D eigenvalue weighted by molar-refractivity contribution is -0.132. The van der Waals surface area contributed by atoms with Gasteiger partial charge in [0.2, 0.25) is 0 Å². The van der Waals surface area contributed by atoms with E-state index in [0.29, 0.717) is 22.6 Å². The van der Waals surface area contributed by atoms with Gasteiger partial charge in [-0.15, -0.1) is 5.92 Å². The molecule has 1 rings (SSSR count). The molecule has 0 fully saturated rings. The fourth-order valence-corrected chi connectivity index (χ4v) is 1.81. The number of benzene rings is 1. The topological polar surface area (TPSA) is 35.5 Å². The predicted molar refractivity (Wildman–Crippen MR) is 69.2 cm³/mol. The van der Waals surface area contributed by atoms with Crippen LogP contribution in [0, 0.1) is 11.8 Å². The molecule has 0 N–H and O–H groups in total. The molecule has 1 aromatic rings. The van der Waals surface area contributed by atoms with Gasteiger partial charge in [0.15, 0.2) is 11.5 Å². The van der Waals surface area contributed by atoms with Crippen molar-refractivity contribution in [3.63, 3.8) is 0 Å². The molecule has 0 spiro atoms. The fraction of sp³-hybridized carbons (Fsp3) is 0.308. The zero-order chi connectivity index (χ0) is 12.8. The number of hydrogen-bond donors (Lipinski definition) is 0. The summed E-state index contributed by atoms with van der Waals surface area (Å²) in [6, 6.07) is 3.54. The second-order valence-electron chi connectivity index (χ2n) is 3.19. The number of carbonyl (C=O) groups is 1. The van der Waals surface area contributed by atoms with E-state index in [-0.39, 0.29) is 5.97 Å². The number of halogens is 1. The van der Waals surface area contributed by atoms with Gasteiger partial charge in [-0.2, -0.15) is 0 Å². The minimum Gasteiger partial charge on any atom is -0.490 e. The van der Waals surface area contributed by atoms with E-state index >= 15 is 0 Å². The van der Waals surface area contributed by atoms with Gasteiger partial charge in [-0.1, -0.05) is 5.92 Å². The lowest BCUT2D eigenvalue weighted by Gasteiger charge is -2.11. The summed E-state index contributed by atoms with van der Waals surface area (Å²) in [4.78, 5) is 11.0. The maximum absolute atomic E-state index is 11.0. The Morgan fingerprint density at radius 3 is 2.71 bits per heavy atom. The SMILES string of the molecule is CC#Cc1cc(Br)c(OC(C)=O)c(OCC)c1. The van der Waals surface area contributed by atoms with Crippen LogP contribution in [0.5, 0.6) is 11.5 Å². The van der Waals surface area contributed by atoms with E-state index in [2.05, 4.69) is 27.8 Å². The normalized spacial score (nSPS) is 9.18. The summed E-state index contributed by atoms with van der Waals surface area (Å²) < 4.78 is 11.2. The summed E-state index contributed by atoms with van der Waals surface area (Å²) in [5, 5.41) is 0. The van der Waals surface area contributed by atoms with Gasteiger partial charge >= 0.3 is 5.97 Å². The van der Waals surface area contributed by atoms with Crippen molar-refractivity contribution in [2.45, 2.75) is 20.8 Å². The van der Waals surface area contributed by atoms with E-state index in [1.54, 1.807) is 19.1 Å². The number of ether oxygens (including phenoxy) is 2. The van der Waals surface area contributed by atoms with Crippen molar-refractivity contribution in [3.8, 4) is 23.3 Å². The number of esters is 1. The van der Waals surface area contributed by atoms with Gasteiger partial charge in [-0.3, -0.25) is 4.79 Å². The quantitative estimate of drug-likeness (QED) is 0.488. The first kappa shape index (κ1) is 13.6. The highest BCUT2D eigenvalue weighted by molar-refractivity contribution is 9.10. The molecule has 17 heavy (non-hydrogen) atoms. The first-order valence-electron chi connectivity index (χ1n) is 5.16. The molecule has 0 saturated carbocycles. The zero-order valence-electron chi connectivity index (χ0n) is 9.96. The van der Waals surface area contributed by atoms with E-state index in [9.17, 15) is 4.79 Å². The molecule has 0 amide bonds. The van der Waals surface area contributed by atoms with Gasteiger partial charge < -0.3 is 9.47 Å². The maximum atomic E-state index is 11.0. The first-order valence-corrected chi connectivity index (χ1v) is 5.95. The lowest BCUT2D eigenvalue weighted by Crippen LogP contribution is -2.05. The third-order valence-electron chi connectivity index (χ3n) is 1.82. The summed E-state index contributed by atoms with van der Waals surface area (Å²) in [6.45, 7) is 5.46. The monoisotopic (exact) mass is 296 g/mol. The highest BCUT2D eigenvalue weighted by atomic mass is 79.9. The number of rotatable bonds is 3. The van der Waals surface area contributed by atoms with E-state index in [1.165, 1.54) is 6.92 Å². The summed E-state index contributed by atoms with van der Waals surface area (Å²) in [7, 11) is 0. The predicted octanol–water partition coefficient (Wildman–Crippen LogP) is 3.14. The molecule has 3 nitrogen and oxygen atoms in total. The van der Waals surface area contributed by atoms with Crippen molar-refractivity contribution >= 4 is 21.9 Å². The van der Waals surface area contributed by atoms with E-state index in [1.807, 2.05) is 6.92 Å². The van der Waals surface area contributed by atoms with E-state index in [0.717, 1.165) is 5.56 Å². The standard InChI is InChI=1S/C13H13BrO3/c1-4-6-10-7-11(14)13(17-9(3)15)12(8-10)16-5-2/h7-8H,5H2,1-3H3. The third kappa shape index (κ3) is 3.79. The van der Waals surface area contributed by atoms with E-state index in [4.69, 9.17) is 9.47 Å². The lowest BCUT2D eigenvalue weighted by atomic mass is 10.2. The Hall–Kier alpha value is -1.47. The minimum atomic E-state index is -0.388. The highest BCUT2D eigenvalue weighted by Gasteiger charge is 2.13. The Morgan fingerprint density at radius 1 is 1.47 bits per heavy atom. The molecule has 0 aromatic heterocycles. The molecule has 0 radical (unpaired) electrons. The van der Waals surface area contributed by atoms with Crippen LogP contribution in [-0.4, -0.2) is 12.6 Å². The Balaban J connectivity index is 3.25. The molecule has 90 valence electrons. The van der Waals surface area contributed by atoms with Crippen molar-refractivity contribution < 1.29 is 14.3 Å². The summed E-state index contributed by atoms with van der Waals surface area (Å²) in [5.74, 6) is 6.24. The minimum absolute atomic E-state index is 0.388. The number of hydrogen-bond acceptors (Lipinski definition) is 3. The molecule has 0 aliphatic rings. The zero-order valence-corrected chi connectivity index (χ0v) is 11.6. The van der Waals surface area contributed by atoms with E-state index < -0.39 is 0 Å². The fourth-order valence-electron chi connectivity index (χ4n) is 1.29. The van der Waals surface area contributed by atoms with Crippen molar-refractivity contribution in [3.05, 3.63) is 22.2 Å². The molecule has 4 heteroatoms. The summed E-state index contributed by atoms with van der Waals surface area (Å²) >= 11 is 3.34. The van der Waals surface area contributed by atoms with Crippen molar-refractivity contribution in [1.82, 2.24) is 0 Å². The Labute approximate surface area is 109 Å². The molecular formula is C13H13BrO3. The van der Waals surface area contributed by atoms with Gasteiger partial charge in [0.25, 0.3) is 0 Å². The second-order valence-corrected chi connectivity index (χ2v) is 4.04. The van der Waals surface area contributed by atoms with Crippen LogP contribution in [0.1, 0.15) is 26.3 Å². The second kappa shape index (κ2) is 6.31. The van der Waals surface area contributed by atoms with Gasteiger partial charge in [0.05, 0.1) is 11.1 Å². The highest BCUT2D eigenvalue weighted by Crippen LogP contribution is 2.36. The molecule has 1 aromatic carbocycles. The smallest absolute Gasteiger partial charge is 0.308 e. The molecule has 0 bridgehead atoms. The Morgan fingerprint density at radius 2 is 2.18 bits per heavy atom. The van der Waals surface area contributed by atoms with Gasteiger partial charge in [-0.25, -0.2) is 0 Å². The van der Waals surface area contributed by atoms with Gasteiger partial charge in [0, 0.05) is 12.5 Å². The van der Waals surface area contributed by atoms with Crippen LogP contribution < -0.4 is 9.47 Å². The molecular weight excluding hydrogens is 284 g/mol. The molecule has 0 atom stereocenters. The number of carbonyl (C=O) groups excluding carboxylic acids is 1. The average Bonchev–Trinajstić information content (AvgIpc) is 2.23. The maximum Gasteiger partial charge on any atom is 0.308 e. The van der Waals surface area contributed by atoms with Gasteiger partial charge in [-0.05, 0) is 41.9 Å². The summed E-state index contributed by atoms with van der Waals surface area (Å²) in [6.07, 6.45) is 0.